The van der Waals surface area contributed by atoms with Crippen molar-refractivity contribution < 1.29 is 26.3 Å². The minimum absolute atomic E-state index is 0.0563. The maximum atomic E-state index is 14.7. The lowest BCUT2D eigenvalue weighted by Gasteiger charge is -2.17. The first-order valence-electron chi connectivity index (χ1n) is 26.0. The highest BCUT2D eigenvalue weighted by Crippen LogP contribution is 2.42. The molecule has 14 rings (SSSR count). The number of pyridine rings is 1. The first kappa shape index (κ1) is 49.6. The summed E-state index contributed by atoms with van der Waals surface area (Å²) in [5.74, 6) is 3.19. The van der Waals surface area contributed by atoms with Crippen LogP contribution in [-0.4, -0.2) is 44.0 Å². The Morgan fingerprint density at radius 3 is 0.866 bits per heavy atom. The molecule has 0 fully saturated rings. The monoisotopic (exact) mass is 1080 g/mol. The van der Waals surface area contributed by atoms with Gasteiger partial charge in [0.1, 0.15) is 11.6 Å². The number of benzene rings is 9. The number of hydrogen-bond acceptors (Lipinski definition) is 7. The van der Waals surface area contributed by atoms with Gasteiger partial charge in [0.05, 0.1) is 33.2 Å². The lowest BCUT2D eigenvalue weighted by atomic mass is 9.99. The minimum atomic E-state index is -5.10. The fourth-order valence-electron chi connectivity index (χ4n) is 10.6. The van der Waals surface area contributed by atoms with Crippen LogP contribution in [0.25, 0.3) is 135 Å². The summed E-state index contributed by atoms with van der Waals surface area (Å²) in [6.07, 6.45) is -10.2. The second-order valence-electron chi connectivity index (χ2n) is 19.6. The van der Waals surface area contributed by atoms with Crippen LogP contribution in [0.3, 0.4) is 0 Å². The zero-order valence-corrected chi connectivity index (χ0v) is 42.8. The Morgan fingerprint density at radius 1 is 0.232 bits per heavy atom. The van der Waals surface area contributed by atoms with Crippen molar-refractivity contribution in [2.24, 2.45) is 0 Å². The number of halogens is 6. The highest BCUT2D eigenvalue weighted by molar-refractivity contribution is 6.11. The van der Waals surface area contributed by atoms with E-state index in [0.717, 1.165) is 55.9 Å². The third kappa shape index (κ3) is 9.03. The first-order chi connectivity index (χ1) is 39.9. The molecule has 0 saturated carbocycles. The molecule has 0 aliphatic rings. The van der Waals surface area contributed by atoms with E-state index in [0.29, 0.717) is 68.1 Å². The van der Waals surface area contributed by atoms with E-state index < -0.39 is 23.5 Å². The molecule has 5 aromatic heterocycles. The number of fused-ring (bicyclic) bond motifs is 6. The van der Waals surface area contributed by atoms with Crippen LogP contribution in [0.15, 0.2) is 237 Å². The molecule has 0 unspecified atom stereocenters. The van der Waals surface area contributed by atoms with Crippen molar-refractivity contribution in [1.82, 2.24) is 44.0 Å². The van der Waals surface area contributed by atoms with Crippen LogP contribution in [0.4, 0.5) is 26.3 Å². The van der Waals surface area contributed by atoms with Crippen molar-refractivity contribution in [2.45, 2.75) is 12.4 Å². The molecule has 0 aliphatic heterocycles. The molecular formula is C67H39F6N9. The van der Waals surface area contributed by atoms with Gasteiger partial charge in [-0.2, -0.15) is 26.3 Å². The van der Waals surface area contributed by atoms with E-state index in [2.05, 4.69) is 0 Å². The Balaban J connectivity index is 0.990. The Morgan fingerprint density at radius 2 is 0.524 bits per heavy atom. The Labute approximate surface area is 463 Å². The summed E-state index contributed by atoms with van der Waals surface area (Å²) in [4.78, 5) is 35.0. The van der Waals surface area contributed by atoms with Gasteiger partial charge in [0.15, 0.2) is 34.9 Å². The van der Waals surface area contributed by atoms with Crippen molar-refractivity contribution in [3.63, 3.8) is 0 Å². The van der Waals surface area contributed by atoms with Crippen molar-refractivity contribution in [2.75, 3.05) is 0 Å². The topological polar surface area (TPSA) is 100 Å². The van der Waals surface area contributed by atoms with Gasteiger partial charge in [-0.15, -0.1) is 0 Å². The van der Waals surface area contributed by atoms with Gasteiger partial charge in [0.2, 0.25) is 0 Å². The van der Waals surface area contributed by atoms with Crippen LogP contribution >= 0.6 is 0 Å². The molecule has 9 nitrogen and oxygen atoms in total. The molecular weight excluding hydrogens is 1040 g/mol. The number of nitrogens with zero attached hydrogens (tertiary/aromatic N) is 9. The van der Waals surface area contributed by atoms with E-state index in [1.807, 2.05) is 215 Å². The zero-order chi connectivity index (χ0) is 55.7. The number of alkyl halides is 6. The molecule has 394 valence electrons. The number of aromatic nitrogens is 9. The third-order valence-electron chi connectivity index (χ3n) is 14.4. The van der Waals surface area contributed by atoms with Gasteiger partial charge < -0.3 is 0 Å². The van der Waals surface area contributed by atoms with Gasteiger partial charge in [-0.3, -0.25) is 9.13 Å². The molecule has 0 saturated heterocycles. The van der Waals surface area contributed by atoms with Crippen molar-refractivity contribution >= 4 is 43.6 Å². The molecule has 0 atom stereocenters. The van der Waals surface area contributed by atoms with Crippen molar-refractivity contribution in [3.05, 3.63) is 248 Å². The van der Waals surface area contributed by atoms with Crippen molar-refractivity contribution in [3.8, 4) is 91.1 Å². The molecule has 0 aliphatic carbocycles. The quantitative estimate of drug-likeness (QED) is 0.133. The molecule has 15 heteroatoms. The summed E-state index contributed by atoms with van der Waals surface area (Å²) >= 11 is 0. The summed E-state index contributed by atoms with van der Waals surface area (Å²) in [5, 5.41) is 3.11. The lowest BCUT2D eigenvalue weighted by molar-refractivity contribution is -0.143. The number of rotatable bonds is 9. The summed E-state index contributed by atoms with van der Waals surface area (Å²) in [5.41, 5.74) is 4.04. The van der Waals surface area contributed by atoms with E-state index in [1.165, 1.54) is 12.1 Å². The molecule has 0 radical (unpaired) electrons. The van der Waals surface area contributed by atoms with E-state index in [9.17, 15) is 26.3 Å². The normalized spacial score (nSPS) is 12.0. The smallest absolute Gasteiger partial charge is 0.294 e. The summed E-state index contributed by atoms with van der Waals surface area (Å²) in [7, 11) is 0. The lowest BCUT2D eigenvalue weighted by Crippen LogP contribution is -2.11. The summed E-state index contributed by atoms with van der Waals surface area (Å²) in [6.45, 7) is 0. The molecule has 82 heavy (non-hydrogen) atoms. The molecule has 0 bridgehead atoms. The summed E-state index contributed by atoms with van der Waals surface area (Å²) in [6, 6.07) is 69.9. The average molecular weight is 1080 g/mol. The maximum absolute atomic E-state index is 14.7. The van der Waals surface area contributed by atoms with E-state index in [1.54, 1.807) is 0 Å². The second kappa shape index (κ2) is 19.6. The number of para-hydroxylation sites is 2. The van der Waals surface area contributed by atoms with E-state index in [4.69, 9.17) is 34.9 Å². The third-order valence-corrected chi connectivity index (χ3v) is 14.4. The van der Waals surface area contributed by atoms with E-state index in [-0.39, 0.29) is 28.8 Å². The molecule has 0 N–H and O–H groups in total. The largest absolute Gasteiger partial charge is 0.416 e. The molecule has 5 heterocycles. The van der Waals surface area contributed by atoms with Crippen LogP contribution in [0, 0.1) is 0 Å². The van der Waals surface area contributed by atoms with Gasteiger partial charge in [-0.05, 0) is 90.0 Å². The average Bonchev–Trinajstić information content (AvgIpc) is 3.86. The standard InChI is InChI=1S/C67H39F6N9/c68-66(69,70)48-33-46(34-49(39-48)67(71,72)73)47-37-58(81-54-27-15-13-25-50(54)52-35-44(29-31-56(52)81)64-77-60(40-17-5-1-6-18-40)75-61(78-64)41-19-7-2-8-20-41)74-59(38-47)82-55-28-16-14-26-51(55)53-36-45(30-32-57(53)82)65-79-62(42-21-9-3-10-22-42)76-63(80-65)43-23-11-4-12-24-43/h1-39H. The predicted octanol–water partition coefficient (Wildman–Crippen LogP) is 17.4. The zero-order valence-electron chi connectivity index (χ0n) is 42.8. The SMILES string of the molecule is FC(F)(F)c1cc(-c2cc(-n3c4ccccc4c4cc(-c5nc(-c6ccccc6)nc(-c6ccccc6)n5)ccc43)nc(-n3c4ccccc4c4cc(-c5nc(-c6ccccc6)nc(-c6ccccc6)n5)ccc43)c2)cc(C(F)(F)F)c1. The van der Waals surface area contributed by atoms with Gasteiger partial charge in [0, 0.05) is 54.9 Å². The fourth-order valence-corrected chi connectivity index (χ4v) is 10.6. The Bertz CT molecular complexity index is 4360. The number of hydrogen-bond donors (Lipinski definition) is 0. The van der Waals surface area contributed by atoms with Gasteiger partial charge in [-0.1, -0.05) is 158 Å². The van der Waals surface area contributed by atoms with Crippen LogP contribution in [0.5, 0.6) is 0 Å². The Kier molecular flexibility index (Phi) is 11.9. The van der Waals surface area contributed by atoms with E-state index >= 15 is 0 Å². The second-order valence-corrected chi connectivity index (χ2v) is 19.6. The summed E-state index contributed by atoms with van der Waals surface area (Å²) < 4.78 is 91.9. The first-order valence-corrected chi connectivity index (χ1v) is 26.0. The highest BCUT2D eigenvalue weighted by Gasteiger charge is 2.37. The predicted molar refractivity (Wildman–Crippen MR) is 308 cm³/mol. The molecule has 0 amide bonds. The maximum Gasteiger partial charge on any atom is 0.416 e. The van der Waals surface area contributed by atoms with Crippen LogP contribution in [-0.2, 0) is 12.4 Å². The van der Waals surface area contributed by atoms with Crippen molar-refractivity contribution in [1.29, 1.82) is 0 Å². The van der Waals surface area contributed by atoms with Gasteiger partial charge in [0.25, 0.3) is 0 Å². The molecule has 9 aromatic carbocycles. The van der Waals surface area contributed by atoms with Gasteiger partial charge >= 0.3 is 12.4 Å². The highest BCUT2D eigenvalue weighted by atomic mass is 19.4. The van der Waals surface area contributed by atoms with Gasteiger partial charge in [-0.25, -0.2) is 34.9 Å². The molecule has 0 spiro atoms. The van der Waals surface area contributed by atoms with Crippen LogP contribution in [0.1, 0.15) is 11.1 Å². The van der Waals surface area contributed by atoms with Crippen LogP contribution < -0.4 is 0 Å². The molecule has 14 aromatic rings. The minimum Gasteiger partial charge on any atom is -0.294 e. The Hall–Kier alpha value is -10.7. The van der Waals surface area contributed by atoms with Crippen LogP contribution in [0.2, 0.25) is 0 Å². The fraction of sp³-hybridized carbons (Fsp3) is 0.0299.